The Bertz CT molecular complexity index is 370. The van der Waals surface area contributed by atoms with E-state index in [2.05, 4.69) is 5.32 Å². The Labute approximate surface area is 92.4 Å². The molecule has 15 heavy (non-hydrogen) atoms. The van der Waals surface area contributed by atoms with Gasteiger partial charge >= 0.3 is 0 Å². The van der Waals surface area contributed by atoms with Gasteiger partial charge in [0.15, 0.2) is 0 Å². The van der Waals surface area contributed by atoms with Gasteiger partial charge in [0.1, 0.15) is 5.82 Å². The van der Waals surface area contributed by atoms with E-state index in [0.717, 1.165) is 0 Å². The minimum absolute atomic E-state index is 0.0475. The molecule has 0 aliphatic heterocycles. The van der Waals surface area contributed by atoms with Crippen molar-refractivity contribution in [3.05, 3.63) is 29.0 Å². The summed E-state index contributed by atoms with van der Waals surface area (Å²) in [5.74, 6) is -0.854. The van der Waals surface area contributed by atoms with Gasteiger partial charge < -0.3 is 11.1 Å². The lowest BCUT2D eigenvalue weighted by Crippen LogP contribution is -2.23. The highest BCUT2D eigenvalue weighted by molar-refractivity contribution is 6.31. The molecule has 0 saturated heterocycles. The van der Waals surface area contributed by atoms with Crippen LogP contribution in [0, 0.1) is 5.82 Å². The maximum Gasteiger partial charge on any atom is 0.219 e. The van der Waals surface area contributed by atoms with Gasteiger partial charge in [-0.25, -0.2) is 4.39 Å². The number of nitrogens with one attached hydrogen (secondary N) is 1. The van der Waals surface area contributed by atoms with Gasteiger partial charge in [-0.3, -0.25) is 4.79 Å². The van der Waals surface area contributed by atoms with Crippen LogP contribution in [0.4, 0.5) is 10.1 Å². The largest absolute Gasteiger partial charge is 0.382 e. The van der Waals surface area contributed by atoms with Gasteiger partial charge in [0.05, 0.1) is 5.02 Å². The summed E-state index contributed by atoms with van der Waals surface area (Å²) in [6, 6.07) is 4.18. The fourth-order valence-corrected chi connectivity index (χ4v) is 1.40. The second-order valence-electron chi connectivity index (χ2n) is 3.34. The molecule has 0 spiro atoms. The van der Waals surface area contributed by atoms with Gasteiger partial charge in [0, 0.05) is 18.2 Å². The number of amides is 1. The van der Waals surface area contributed by atoms with Crippen molar-refractivity contribution < 1.29 is 9.18 Å². The number of carbonyl (C=O) groups is 1. The third kappa shape index (κ3) is 3.75. The second-order valence-corrected chi connectivity index (χ2v) is 3.75. The molecule has 82 valence electrons. The first kappa shape index (κ1) is 11.8. The van der Waals surface area contributed by atoms with Crippen LogP contribution in [0.15, 0.2) is 18.2 Å². The van der Waals surface area contributed by atoms with Crippen molar-refractivity contribution in [2.24, 2.45) is 5.73 Å². The molecule has 0 radical (unpaired) electrons. The Balaban J connectivity index is 2.64. The summed E-state index contributed by atoms with van der Waals surface area (Å²) >= 11 is 5.60. The summed E-state index contributed by atoms with van der Waals surface area (Å²) in [6.45, 7) is 1.81. The molecule has 0 bridgehead atoms. The molecule has 1 aromatic carbocycles. The minimum atomic E-state index is -0.468. The number of benzene rings is 1. The van der Waals surface area contributed by atoms with Crippen molar-refractivity contribution in [1.29, 1.82) is 0 Å². The zero-order valence-corrected chi connectivity index (χ0v) is 9.01. The molecule has 1 rings (SSSR count). The quantitative estimate of drug-likeness (QED) is 0.833. The fourth-order valence-electron chi connectivity index (χ4n) is 1.22. The molecule has 0 aliphatic carbocycles. The first-order chi connectivity index (χ1) is 6.99. The van der Waals surface area contributed by atoms with Crippen molar-refractivity contribution in [2.75, 3.05) is 5.32 Å². The number of carbonyl (C=O) groups excluding carboxylic acids is 1. The zero-order chi connectivity index (χ0) is 11.4. The molecule has 0 heterocycles. The monoisotopic (exact) mass is 230 g/mol. The van der Waals surface area contributed by atoms with E-state index in [1.807, 2.05) is 6.92 Å². The van der Waals surface area contributed by atoms with Crippen LogP contribution in [-0.4, -0.2) is 11.9 Å². The van der Waals surface area contributed by atoms with Gasteiger partial charge in [0.25, 0.3) is 0 Å². The van der Waals surface area contributed by atoms with Crippen LogP contribution < -0.4 is 11.1 Å². The molecule has 0 aliphatic rings. The summed E-state index contributed by atoms with van der Waals surface area (Å²) < 4.78 is 12.8. The van der Waals surface area contributed by atoms with Crippen LogP contribution in [0.25, 0.3) is 0 Å². The normalized spacial score (nSPS) is 12.2. The van der Waals surface area contributed by atoms with Crippen molar-refractivity contribution >= 4 is 23.2 Å². The SMILES string of the molecule is CC(CC(N)=O)Nc1ccc(F)c(Cl)c1. The number of halogens is 2. The summed E-state index contributed by atoms with van der Waals surface area (Å²) in [5.41, 5.74) is 5.70. The standard InChI is InChI=1S/C10H12ClFN2O/c1-6(4-10(13)15)14-7-2-3-9(12)8(11)5-7/h2-3,5-6,14H,4H2,1H3,(H2,13,15). The third-order valence-corrected chi connectivity index (χ3v) is 2.13. The molecular formula is C10H12ClFN2O. The summed E-state index contributed by atoms with van der Waals surface area (Å²) in [5, 5.41) is 3.04. The highest BCUT2D eigenvalue weighted by Gasteiger charge is 2.07. The lowest BCUT2D eigenvalue weighted by molar-refractivity contribution is -0.118. The number of anilines is 1. The Morgan fingerprint density at radius 3 is 2.87 bits per heavy atom. The first-order valence-electron chi connectivity index (χ1n) is 4.49. The Morgan fingerprint density at radius 1 is 1.67 bits per heavy atom. The van der Waals surface area contributed by atoms with Crippen LogP contribution in [0.2, 0.25) is 5.02 Å². The van der Waals surface area contributed by atoms with E-state index < -0.39 is 5.82 Å². The average Bonchev–Trinajstić information content (AvgIpc) is 2.10. The molecule has 1 unspecified atom stereocenters. The molecule has 0 saturated carbocycles. The molecular weight excluding hydrogens is 219 g/mol. The van der Waals surface area contributed by atoms with E-state index in [4.69, 9.17) is 17.3 Å². The van der Waals surface area contributed by atoms with Gasteiger partial charge in [-0.15, -0.1) is 0 Å². The maximum absolute atomic E-state index is 12.8. The highest BCUT2D eigenvalue weighted by atomic mass is 35.5. The van der Waals surface area contributed by atoms with E-state index in [1.54, 1.807) is 6.07 Å². The predicted octanol–water partition coefficient (Wildman–Crippen LogP) is 2.15. The van der Waals surface area contributed by atoms with Gasteiger partial charge in [0.2, 0.25) is 5.91 Å². The molecule has 0 aromatic heterocycles. The number of rotatable bonds is 4. The van der Waals surface area contributed by atoms with Crippen LogP contribution in [0.5, 0.6) is 0 Å². The molecule has 3 nitrogen and oxygen atoms in total. The number of hydrogen-bond acceptors (Lipinski definition) is 2. The summed E-state index contributed by atoms with van der Waals surface area (Å²) in [6.07, 6.45) is 0.217. The van der Waals surface area contributed by atoms with Crippen molar-refractivity contribution in [1.82, 2.24) is 0 Å². The van der Waals surface area contributed by atoms with E-state index in [9.17, 15) is 9.18 Å². The van der Waals surface area contributed by atoms with Gasteiger partial charge in [-0.2, -0.15) is 0 Å². The Hall–Kier alpha value is -1.29. The van der Waals surface area contributed by atoms with Crippen molar-refractivity contribution in [3.63, 3.8) is 0 Å². The van der Waals surface area contributed by atoms with Crippen LogP contribution >= 0.6 is 11.6 Å². The van der Waals surface area contributed by atoms with Crippen molar-refractivity contribution in [2.45, 2.75) is 19.4 Å². The lowest BCUT2D eigenvalue weighted by atomic mass is 10.2. The van der Waals surface area contributed by atoms with E-state index in [0.29, 0.717) is 5.69 Å². The van der Waals surface area contributed by atoms with E-state index in [1.165, 1.54) is 12.1 Å². The van der Waals surface area contributed by atoms with Crippen LogP contribution in [0.1, 0.15) is 13.3 Å². The molecule has 5 heteroatoms. The summed E-state index contributed by atoms with van der Waals surface area (Å²) in [4.78, 5) is 10.6. The molecule has 1 aromatic rings. The summed E-state index contributed by atoms with van der Waals surface area (Å²) in [7, 11) is 0. The molecule has 0 fully saturated rings. The van der Waals surface area contributed by atoms with E-state index in [-0.39, 0.29) is 23.4 Å². The van der Waals surface area contributed by atoms with Crippen LogP contribution in [0.3, 0.4) is 0 Å². The number of hydrogen-bond donors (Lipinski definition) is 2. The minimum Gasteiger partial charge on any atom is -0.382 e. The fraction of sp³-hybridized carbons (Fsp3) is 0.300. The van der Waals surface area contributed by atoms with E-state index >= 15 is 0 Å². The molecule has 1 amide bonds. The van der Waals surface area contributed by atoms with Crippen molar-refractivity contribution in [3.8, 4) is 0 Å². The molecule has 1 atom stereocenters. The Kier molecular flexibility index (Phi) is 3.91. The predicted molar refractivity (Wildman–Crippen MR) is 58.3 cm³/mol. The maximum atomic E-state index is 12.8. The number of primary amides is 1. The van der Waals surface area contributed by atoms with Crippen LogP contribution in [-0.2, 0) is 4.79 Å². The van der Waals surface area contributed by atoms with Gasteiger partial charge in [-0.1, -0.05) is 11.6 Å². The van der Waals surface area contributed by atoms with Gasteiger partial charge in [-0.05, 0) is 25.1 Å². The smallest absolute Gasteiger partial charge is 0.219 e. The lowest BCUT2D eigenvalue weighted by Gasteiger charge is -2.13. The first-order valence-corrected chi connectivity index (χ1v) is 4.86. The topological polar surface area (TPSA) is 55.1 Å². The zero-order valence-electron chi connectivity index (χ0n) is 8.26. The molecule has 3 N–H and O–H groups in total. The second kappa shape index (κ2) is 4.98. The average molecular weight is 231 g/mol. The highest BCUT2D eigenvalue weighted by Crippen LogP contribution is 2.20. The third-order valence-electron chi connectivity index (χ3n) is 1.84. The Morgan fingerprint density at radius 2 is 2.33 bits per heavy atom. The number of nitrogens with two attached hydrogens (primary N) is 1.